The van der Waals surface area contributed by atoms with E-state index in [1.807, 2.05) is 12.3 Å². The maximum absolute atomic E-state index is 12.6. The van der Waals surface area contributed by atoms with Gasteiger partial charge in [0, 0.05) is 24.2 Å². The number of hydrogen-bond donors (Lipinski definition) is 2. The van der Waals surface area contributed by atoms with Crippen LogP contribution in [0.15, 0.2) is 70.9 Å². The Kier molecular flexibility index (Phi) is 7.43. The lowest BCUT2D eigenvalue weighted by atomic mass is 10.2. The van der Waals surface area contributed by atoms with Gasteiger partial charge in [-0.05, 0) is 66.9 Å². The maximum atomic E-state index is 12.6. The van der Waals surface area contributed by atoms with Crippen molar-refractivity contribution in [2.75, 3.05) is 16.6 Å². The number of thiophene rings is 1. The van der Waals surface area contributed by atoms with Crippen molar-refractivity contribution >= 4 is 44.4 Å². The highest BCUT2D eigenvalue weighted by molar-refractivity contribution is 7.92. The number of hydrogen-bond acceptors (Lipinski definition) is 6. The molecule has 1 aromatic heterocycles. The van der Waals surface area contributed by atoms with Crippen LogP contribution in [-0.2, 0) is 14.8 Å². The van der Waals surface area contributed by atoms with Gasteiger partial charge in [-0.25, -0.2) is 8.42 Å². The Morgan fingerprint density at radius 1 is 0.935 bits per heavy atom. The smallest absolute Gasteiger partial charge is 0.261 e. The molecule has 2 N–H and O–H groups in total. The molecule has 3 aromatic rings. The quantitative estimate of drug-likeness (QED) is 0.434. The molecule has 7 nitrogen and oxygen atoms in total. The van der Waals surface area contributed by atoms with E-state index in [1.54, 1.807) is 36.4 Å². The number of Topliss-reactive ketones (excluding diaryl/α,β-unsaturated/α-hetero) is 1. The number of rotatable bonds is 10. The Morgan fingerprint density at radius 3 is 2.23 bits per heavy atom. The number of carbonyl (C=O) groups is 2. The summed E-state index contributed by atoms with van der Waals surface area (Å²) in [6, 6.07) is 15.9. The summed E-state index contributed by atoms with van der Waals surface area (Å²) in [7, 11) is -3.78. The van der Waals surface area contributed by atoms with Gasteiger partial charge >= 0.3 is 0 Å². The van der Waals surface area contributed by atoms with E-state index in [1.165, 1.54) is 35.6 Å². The van der Waals surface area contributed by atoms with Crippen molar-refractivity contribution < 1.29 is 22.7 Å². The van der Waals surface area contributed by atoms with Gasteiger partial charge in [0.25, 0.3) is 10.0 Å². The number of benzene rings is 2. The first-order valence-electron chi connectivity index (χ1n) is 9.59. The van der Waals surface area contributed by atoms with Gasteiger partial charge in [-0.3, -0.25) is 14.3 Å². The van der Waals surface area contributed by atoms with Crippen LogP contribution in [0, 0.1) is 0 Å². The molecule has 3 rings (SSSR count). The molecule has 9 heteroatoms. The van der Waals surface area contributed by atoms with E-state index in [2.05, 4.69) is 10.0 Å². The molecule has 1 heterocycles. The van der Waals surface area contributed by atoms with Crippen molar-refractivity contribution in [3.05, 3.63) is 70.9 Å². The Balaban J connectivity index is 1.55. The van der Waals surface area contributed by atoms with E-state index in [-0.39, 0.29) is 29.4 Å². The molecule has 162 valence electrons. The fourth-order valence-corrected chi connectivity index (χ4v) is 4.48. The number of ether oxygens (including phenoxy) is 1. The minimum absolute atomic E-state index is 0.0517. The van der Waals surface area contributed by atoms with Gasteiger partial charge < -0.3 is 10.1 Å². The van der Waals surface area contributed by atoms with Crippen LogP contribution >= 0.6 is 11.3 Å². The average molecular weight is 459 g/mol. The molecule has 0 fully saturated rings. The van der Waals surface area contributed by atoms with Crippen LogP contribution in [0.3, 0.4) is 0 Å². The summed E-state index contributed by atoms with van der Waals surface area (Å²) < 4.78 is 33.0. The largest absolute Gasteiger partial charge is 0.494 e. The molecule has 1 amide bonds. The van der Waals surface area contributed by atoms with Crippen LogP contribution in [0.1, 0.15) is 29.4 Å². The molecule has 0 saturated carbocycles. The first kappa shape index (κ1) is 22.5. The summed E-state index contributed by atoms with van der Waals surface area (Å²) in [4.78, 5) is 24.7. The molecule has 0 atom stereocenters. The van der Waals surface area contributed by atoms with E-state index in [9.17, 15) is 18.0 Å². The van der Waals surface area contributed by atoms with Crippen molar-refractivity contribution in [3.8, 4) is 5.75 Å². The van der Waals surface area contributed by atoms with Gasteiger partial charge in [0.15, 0.2) is 5.78 Å². The molecule has 0 spiro atoms. The number of ketones is 1. The molecule has 0 unspecified atom stereocenters. The first-order valence-corrected chi connectivity index (χ1v) is 12.0. The predicted molar refractivity (Wildman–Crippen MR) is 121 cm³/mol. The number of amides is 1. The molecule has 31 heavy (non-hydrogen) atoms. The van der Waals surface area contributed by atoms with Crippen LogP contribution < -0.4 is 14.8 Å². The average Bonchev–Trinajstić information content (AvgIpc) is 3.29. The fraction of sp³-hybridized carbons (Fsp3) is 0.182. The van der Waals surface area contributed by atoms with Crippen LogP contribution in [0.5, 0.6) is 5.75 Å². The van der Waals surface area contributed by atoms with Crippen molar-refractivity contribution in [2.45, 2.75) is 24.7 Å². The second kappa shape index (κ2) is 10.2. The molecular weight excluding hydrogens is 436 g/mol. The minimum atomic E-state index is -3.78. The molecule has 0 radical (unpaired) electrons. The zero-order valence-electron chi connectivity index (χ0n) is 16.8. The molecule has 0 saturated heterocycles. The Bertz CT molecular complexity index is 1120. The monoisotopic (exact) mass is 458 g/mol. The highest BCUT2D eigenvalue weighted by atomic mass is 32.2. The summed E-state index contributed by atoms with van der Waals surface area (Å²) in [6.07, 6.45) is 0.168. The van der Waals surface area contributed by atoms with E-state index in [0.29, 0.717) is 28.6 Å². The predicted octanol–water partition coefficient (Wildman–Crippen LogP) is 4.55. The van der Waals surface area contributed by atoms with Crippen molar-refractivity contribution in [2.24, 2.45) is 0 Å². The second-order valence-electron chi connectivity index (χ2n) is 6.54. The Labute approximate surface area is 185 Å². The van der Waals surface area contributed by atoms with Crippen molar-refractivity contribution in [1.82, 2.24) is 0 Å². The summed E-state index contributed by atoms with van der Waals surface area (Å²) in [5.74, 6) is 0.266. The van der Waals surface area contributed by atoms with Gasteiger partial charge in [0.2, 0.25) is 5.91 Å². The van der Waals surface area contributed by atoms with Crippen molar-refractivity contribution in [1.29, 1.82) is 0 Å². The van der Waals surface area contributed by atoms with E-state index < -0.39 is 10.0 Å². The topological polar surface area (TPSA) is 102 Å². The van der Waals surface area contributed by atoms with Crippen LogP contribution in [-0.4, -0.2) is 26.7 Å². The fourth-order valence-electron chi connectivity index (χ4n) is 2.73. The maximum Gasteiger partial charge on any atom is 0.261 e. The molecule has 0 aliphatic rings. The van der Waals surface area contributed by atoms with Gasteiger partial charge in [-0.15, -0.1) is 11.3 Å². The molecule has 0 bridgehead atoms. The van der Waals surface area contributed by atoms with Crippen LogP contribution in [0.2, 0.25) is 0 Å². The SMILES string of the molecule is CCOc1ccc(NS(=O)(=O)c2ccc(NC(=O)CCC(=O)c3cccs3)cc2)cc1. The number of sulfonamides is 1. The lowest BCUT2D eigenvalue weighted by molar-refractivity contribution is -0.116. The molecular formula is C22H22N2O5S2. The number of anilines is 2. The zero-order valence-corrected chi connectivity index (χ0v) is 18.5. The number of nitrogens with one attached hydrogen (secondary N) is 2. The standard InChI is InChI=1S/C22H22N2O5S2/c1-2-29-18-9-5-17(6-10-18)24-31(27,28)19-11-7-16(8-12-19)23-22(26)14-13-20(25)21-4-3-15-30-21/h3-12,15,24H,2,13-14H2,1H3,(H,23,26). The van der Waals surface area contributed by atoms with Crippen LogP contribution in [0.25, 0.3) is 0 Å². The molecule has 0 aliphatic heterocycles. The first-order chi connectivity index (χ1) is 14.9. The third-order valence-corrected chi connectivity index (χ3v) is 6.55. The Morgan fingerprint density at radius 2 is 1.61 bits per heavy atom. The molecule has 2 aromatic carbocycles. The third-order valence-electron chi connectivity index (χ3n) is 4.24. The molecule has 0 aliphatic carbocycles. The summed E-state index contributed by atoms with van der Waals surface area (Å²) >= 11 is 1.34. The summed E-state index contributed by atoms with van der Waals surface area (Å²) in [5, 5.41) is 4.49. The van der Waals surface area contributed by atoms with Crippen LogP contribution in [0.4, 0.5) is 11.4 Å². The third kappa shape index (κ3) is 6.40. The van der Waals surface area contributed by atoms with E-state index >= 15 is 0 Å². The summed E-state index contributed by atoms with van der Waals surface area (Å²) in [6.45, 7) is 2.40. The summed E-state index contributed by atoms with van der Waals surface area (Å²) in [5.41, 5.74) is 0.866. The van der Waals surface area contributed by atoms with E-state index in [0.717, 1.165) is 0 Å². The Hall–Kier alpha value is -3.17. The normalized spacial score (nSPS) is 11.0. The van der Waals surface area contributed by atoms with Crippen molar-refractivity contribution in [3.63, 3.8) is 0 Å². The van der Waals surface area contributed by atoms with Gasteiger partial charge in [0.05, 0.1) is 16.4 Å². The lowest BCUT2D eigenvalue weighted by Gasteiger charge is -2.10. The highest BCUT2D eigenvalue weighted by Gasteiger charge is 2.15. The second-order valence-corrected chi connectivity index (χ2v) is 9.17. The number of carbonyl (C=O) groups excluding carboxylic acids is 2. The highest BCUT2D eigenvalue weighted by Crippen LogP contribution is 2.21. The lowest BCUT2D eigenvalue weighted by Crippen LogP contribution is -2.14. The zero-order chi connectivity index (χ0) is 22.3. The van der Waals surface area contributed by atoms with Gasteiger partial charge in [-0.1, -0.05) is 6.07 Å². The van der Waals surface area contributed by atoms with Gasteiger partial charge in [0.1, 0.15) is 5.75 Å². The van der Waals surface area contributed by atoms with Gasteiger partial charge in [-0.2, -0.15) is 0 Å². The minimum Gasteiger partial charge on any atom is -0.494 e. The van der Waals surface area contributed by atoms with E-state index in [4.69, 9.17) is 4.74 Å².